The molecule has 0 bridgehead atoms. The van der Waals surface area contributed by atoms with Crippen molar-refractivity contribution in [1.29, 1.82) is 0 Å². The van der Waals surface area contributed by atoms with Crippen LogP contribution >= 0.6 is 11.6 Å². The van der Waals surface area contributed by atoms with Crippen LogP contribution in [0.3, 0.4) is 0 Å². The monoisotopic (exact) mass is 185 g/mol. The van der Waals surface area contributed by atoms with Gasteiger partial charge in [-0.3, -0.25) is 0 Å². The average Bonchev–Trinajstić information content (AvgIpc) is 2.61. The van der Waals surface area contributed by atoms with E-state index in [1.165, 1.54) is 0 Å². The van der Waals surface area contributed by atoms with Crippen molar-refractivity contribution in [3.8, 4) is 0 Å². The zero-order valence-electron chi connectivity index (χ0n) is 6.43. The maximum absolute atomic E-state index is 13.6. The van der Waals surface area contributed by atoms with Gasteiger partial charge < -0.3 is 5.73 Å². The average molecular weight is 186 g/mol. The lowest BCUT2D eigenvalue weighted by molar-refractivity contribution is 0.306. The third-order valence-corrected chi connectivity index (χ3v) is 2.48. The Morgan fingerprint density at radius 3 is 2.75 bits per heavy atom. The highest BCUT2D eigenvalue weighted by atomic mass is 35.5. The van der Waals surface area contributed by atoms with Crippen LogP contribution in [-0.4, -0.2) is 6.04 Å². The fraction of sp³-hybridized carbons (Fsp3) is 0.333. The maximum atomic E-state index is 13.6. The topological polar surface area (TPSA) is 26.0 Å². The molecule has 0 saturated heterocycles. The molecular weight excluding hydrogens is 177 g/mol. The molecule has 0 amide bonds. The summed E-state index contributed by atoms with van der Waals surface area (Å²) in [7, 11) is 0. The van der Waals surface area contributed by atoms with Crippen LogP contribution in [0.25, 0.3) is 0 Å². The maximum Gasteiger partial charge on any atom is 0.152 e. The summed E-state index contributed by atoms with van der Waals surface area (Å²) >= 11 is 5.72. The highest BCUT2D eigenvalue weighted by Gasteiger charge is 2.54. The number of halogens is 2. The van der Waals surface area contributed by atoms with Crippen LogP contribution in [0, 0.1) is 0 Å². The van der Waals surface area contributed by atoms with Crippen LogP contribution in [0.2, 0.25) is 5.02 Å². The number of hydrogen-bond acceptors (Lipinski definition) is 1. The van der Waals surface area contributed by atoms with E-state index in [1.807, 2.05) is 0 Å². The van der Waals surface area contributed by atoms with Crippen LogP contribution in [0.5, 0.6) is 0 Å². The van der Waals surface area contributed by atoms with Gasteiger partial charge in [0.15, 0.2) is 5.67 Å². The Labute approximate surface area is 75.3 Å². The minimum atomic E-state index is -1.31. The van der Waals surface area contributed by atoms with Gasteiger partial charge in [-0.15, -0.1) is 0 Å². The molecule has 1 fully saturated rings. The van der Waals surface area contributed by atoms with Crippen LogP contribution in [0.15, 0.2) is 24.3 Å². The Kier molecular flexibility index (Phi) is 1.63. The number of hydrogen-bond donors (Lipinski definition) is 1. The van der Waals surface area contributed by atoms with Gasteiger partial charge in [-0.25, -0.2) is 4.39 Å². The van der Waals surface area contributed by atoms with Gasteiger partial charge in [0, 0.05) is 17.5 Å². The predicted molar refractivity (Wildman–Crippen MR) is 46.8 cm³/mol. The molecule has 0 aromatic heterocycles. The van der Waals surface area contributed by atoms with Gasteiger partial charge in [-0.05, 0) is 17.7 Å². The predicted octanol–water partition coefficient (Wildman–Crippen LogP) is 2.24. The standard InChI is InChI=1S/C9H9ClFN/c10-7-3-1-2-6(4-7)9(11)5-8(9)12/h1-4,8H,5,12H2/t8-,9-/m0/s1. The van der Waals surface area contributed by atoms with Crippen molar-refractivity contribution in [2.45, 2.75) is 18.1 Å². The molecule has 12 heavy (non-hydrogen) atoms. The quantitative estimate of drug-likeness (QED) is 0.714. The van der Waals surface area contributed by atoms with E-state index in [1.54, 1.807) is 24.3 Å². The van der Waals surface area contributed by atoms with E-state index in [4.69, 9.17) is 17.3 Å². The second-order valence-electron chi connectivity index (χ2n) is 3.18. The Morgan fingerprint density at radius 2 is 2.25 bits per heavy atom. The molecular formula is C9H9ClFN. The fourth-order valence-electron chi connectivity index (χ4n) is 1.34. The fourth-order valence-corrected chi connectivity index (χ4v) is 1.53. The first-order chi connectivity index (χ1) is 5.63. The highest BCUT2D eigenvalue weighted by molar-refractivity contribution is 6.30. The zero-order chi connectivity index (χ0) is 8.77. The van der Waals surface area contributed by atoms with Crippen molar-refractivity contribution in [1.82, 2.24) is 0 Å². The van der Waals surface area contributed by atoms with Crippen molar-refractivity contribution in [3.05, 3.63) is 34.9 Å². The summed E-state index contributed by atoms with van der Waals surface area (Å²) < 4.78 is 13.6. The Bertz CT molecular complexity index is 315. The largest absolute Gasteiger partial charge is 0.325 e. The van der Waals surface area contributed by atoms with Gasteiger partial charge in [0.05, 0.1) is 0 Å². The van der Waals surface area contributed by atoms with Crippen molar-refractivity contribution >= 4 is 11.6 Å². The van der Waals surface area contributed by atoms with Crippen molar-refractivity contribution in [2.75, 3.05) is 0 Å². The Morgan fingerprint density at radius 1 is 1.58 bits per heavy atom. The van der Waals surface area contributed by atoms with E-state index in [0.29, 0.717) is 17.0 Å². The van der Waals surface area contributed by atoms with Crippen LogP contribution in [0.1, 0.15) is 12.0 Å². The molecule has 2 N–H and O–H groups in total. The first kappa shape index (κ1) is 8.02. The number of nitrogens with two attached hydrogens (primary N) is 1. The third-order valence-electron chi connectivity index (χ3n) is 2.25. The zero-order valence-corrected chi connectivity index (χ0v) is 7.18. The molecule has 64 valence electrons. The summed E-state index contributed by atoms with van der Waals surface area (Å²) in [5.74, 6) is 0. The molecule has 0 aliphatic heterocycles. The van der Waals surface area contributed by atoms with Crippen molar-refractivity contribution in [2.24, 2.45) is 5.73 Å². The summed E-state index contributed by atoms with van der Waals surface area (Å²) in [6, 6.07) is 6.47. The van der Waals surface area contributed by atoms with Gasteiger partial charge >= 0.3 is 0 Å². The van der Waals surface area contributed by atoms with Gasteiger partial charge in [-0.1, -0.05) is 23.7 Å². The van der Waals surface area contributed by atoms with E-state index in [-0.39, 0.29) is 6.04 Å². The first-order valence-corrected chi connectivity index (χ1v) is 4.21. The van der Waals surface area contributed by atoms with E-state index in [2.05, 4.69) is 0 Å². The highest BCUT2D eigenvalue weighted by Crippen LogP contribution is 2.48. The molecule has 0 unspecified atom stereocenters. The molecule has 1 aliphatic carbocycles. The van der Waals surface area contributed by atoms with E-state index in [0.717, 1.165) is 0 Å². The molecule has 1 aromatic rings. The van der Waals surface area contributed by atoms with Crippen LogP contribution in [-0.2, 0) is 5.67 Å². The summed E-state index contributed by atoms with van der Waals surface area (Å²) in [5.41, 5.74) is 4.75. The molecule has 0 radical (unpaired) electrons. The van der Waals surface area contributed by atoms with Gasteiger partial charge in [0.2, 0.25) is 0 Å². The van der Waals surface area contributed by atoms with Gasteiger partial charge in [-0.2, -0.15) is 0 Å². The minimum Gasteiger partial charge on any atom is -0.325 e. The SMILES string of the molecule is N[C@H]1C[C@]1(F)c1cccc(Cl)c1. The number of rotatable bonds is 1. The molecule has 0 heterocycles. The van der Waals surface area contributed by atoms with Crippen molar-refractivity contribution < 1.29 is 4.39 Å². The second-order valence-corrected chi connectivity index (χ2v) is 3.62. The van der Waals surface area contributed by atoms with E-state index < -0.39 is 5.67 Å². The third kappa shape index (κ3) is 1.11. The minimum absolute atomic E-state index is 0.351. The van der Waals surface area contributed by atoms with Crippen molar-refractivity contribution in [3.63, 3.8) is 0 Å². The molecule has 3 heteroatoms. The van der Waals surface area contributed by atoms with E-state index in [9.17, 15) is 4.39 Å². The summed E-state index contributed by atoms with van der Waals surface area (Å²) in [4.78, 5) is 0. The number of alkyl halides is 1. The smallest absolute Gasteiger partial charge is 0.152 e. The molecule has 1 nitrogen and oxygen atoms in total. The summed E-state index contributed by atoms with van der Waals surface area (Å²) in [6.45, 7) is 0. The lowest BCUT2D eigenvalue weighted by Gasteiger charge is -2.05. The van der Waals surface area contributed by atoms with Gasteiger partial charge in [0.25, 0.3) is 0 Å². The molecule has 2 atom stereocenters. The molecule has 0 spiro atoms. The van der Waals surface area contributed by atoms with Crippen LogP contribution in [0.4, 0.5) is 4.39 Å². The lowest BCUT2D eigenvalue weighted by atomic mass is 10.1. The van der Waals surface area contributed by atoms with Gasteiger partial charge in [0.1, 0.15) is 0 Å². The molecule has 1 aromatic carbocycles. The molecule has 2 rings (SSSR count). The van der Waals surface area contributed by atoms with Crippen LogP contribution < -0.4 is 5.73 Å². The molecule has 1 saturated carbocycles. The van der Waals surface area contributed by atoms with E-state index >= 15 is 0 Å². The lowest BCUT2D eigenvalue weighted by Crippen LogP contribution is -2.12. The Balaban J connectivity index is 2.36. The first-order valence-electron chi connectivity index (χ1n) is 3.83. The summed E-state index contributed by atoms with van der Waals surface area (Å²) in [6.07, 6.45) is 0.410. The second kappa shape index (κ2) is 2.44. The Hall–Kier alpha value is -0.600. The molecule has 1 aliphatic rings. The number of benzene rings is 1. The summed E-state index contributed by atoms with van der Waals surface area (Å²) in [5, 5.41) is 0.559. The normalized spacial score (nSPS) is 33.4.